The van der Waals surface area contributed by atoms with Gasteiger partial charge >= 0.3 is 5.97 Å². The van der Waals surface area contributed by atoms with Gasteiger partial charge in [0.2, 0.25) is 10.0 Å². The fraction of sp³-hybridized carbons (Fsp3) is 0.400. The Balaban J connectivity index is 2.60. The zero-order valence-corrected chi connectivity index (χ0v) is 14.1. The molecule has 1 aromatic heterocycles. The second-order valence-corrected chi connectivity index (χ2v) is 6.77. The Kier molecular flexibility index (Phi) is 5.15. The summed E-state index contributed by atoms with van der Waals surface area (Å²) in [4.78, 5) is 15.0. The predicted molar refractivity (Wildman–Crippen MR) is 88.5 cm³/mol. The molecule has 0 saturated heterocycles. The van der Waals surface area contributed by atoms with Gasteiger partial charge in [-0.05, 0) is 31.5 Å². The standard InChI is InChI=1S/C15H20N2O5S/c1-4-8-23(19,20)17-13-11-9-10(21-3)6-7-12(11)16-14(13)15(18)22-5-2/h6-7,9,16-17H,4-5,8H2,1-3H3. The van der Waals surface area contributed by atoms with Gasteiger partial charge in [0, 0.05) is 10.9 Å². The van der Waals surface area contributed by atoms with Crippen molar-refractivity contribution in [3.8, 4) is 5.75 Å². The molecule has 0 saturated carbocycles. The maximum absolute atomic E-state index is 12.1. The Bertz CT molecular complexity index is 811. The third-order valence-electron chi connectivity index (χ3n) is 3.22. The number of methoxy groups -OCH3 is 1. The fourth-order valence-corrected chi connectivity index (χ4v) is 3.40. The van der Waals surface area contributed by atoms with Gasteiger partial charge in [0.15, 0.2) is 5.69 Å². The third-order valence-corrected chi connectivity index (χ3v) is 4.68. The Morgan fingerprint density at radius 3 is 2.65 bits per heavy atom. The lowest BCUT2D eigenvalue weighted by Gasteiger charge is -2.09. The average Bonchev–Trinajstić information content (AvgIpc) is 2.84. The Labute approximate surface area is 135 Å². The van der Waals surface area contributed by atoms with Crippen LogP contribution in [-0.2, 0) is 14.8 Å². The van der Waals surface area contributed by atoms with Gasteiger partial charge in [0.25, 0.3) is 0 Å². The molecule has 0 radical (unpaired) electrons. The molecule has 0 amide bonds. The lowest BCUT2D eigenvalue weighted by Crippen LogP contribution is -2.18. The summed E-state index contributed by atoms with van der Waals surface area (Å²) < 4.78 is 36.9. The van der Waals surface area contributed by atoms with E-state index in [1.54, 1.807) is 32.0 Å². The Morgan fingerprint density at radius 2 is 2.04 bits per heavy atom. The number of H-pyrrole nitrogens is 1. The van der Waals surface area contributed by atoms with Gasteiger partial charge in [-0.15, -0.1) is 0 Å². The van der Waals surface area contributed by atoms with Gasteiger partial charge < -0.3 is 14.5 Å². The van der Waals surface area contributed by atoms with Crippen LogP contribution in [0.15, 0.2) is 18.2 Å². The highest BCUT2D eigenvalue weighted by Gasteiger charge is 2.23. The van der Waals surface area contributed by atoms with Crippen LogP contribution in [-0.4, -0.2) is 38.8 Å². The molecular formula is C15H20N2O5S. The first kappa shape index (κ1) is 17.1. The second kappa shape index (κ2) is 6.91. The van der Waals surface area contributed by atoms with Crippen molar-refractivity contribution in [1.82, 2.24) is 4.98 Å². The minimum atomic E-state index is -3.56. The van der Waals surface area contributed by atoms with Crippen molar-refractivity contribution in [3.63, 3.8) is 0 Å². The maximum Gasteiger partial charge on any atom is 0.356 e. The van der Waals surface area contributed by atoms with Crippen molar-refractivity contribution < 1.29 is 22.7 Å². The molecule has 0 spiro atoms. The number of esters is 1. The molecule has 8 heteroatoms. The zero-order valence-electron chi connectivity index (χ0n) is 13.3. The van der Waals surface area contributed by atoms with E-state index in [9.17, 15) is 13.2 Å². The summed E-state index contributed by atoms with van der Waals surface area (Å²) in [5.74, 6) is -0.0916. The molecule has 0 aliphatic rings. The fourth-order valence-electron chi connectivity index (χ4n) is 2.24. The van der Waals surface area contributed by atoms with Crippen LogP contribution in [0.3, 0.4) is 0 Å². The number of hydrogen-bond acceptors (Lipinski definition) is 5. The van der Waals surface area contributed by atoms with Crippen LogP contribution in [0.1, 0.15) is 30.8 Å². The van der Waals surface area contributed by atoms with E-state index in [-0.39, 0.29) is 23.7 Å². The number of ether oxygens (including phenoxy) is 2. The van der Waals surface area contributed by atoms with Gasteiger partial charge in [-0.2, -0.15) is 0 Å². The molecule has 7 nitrogen and oxygen atoms in total. The second-order valence-electron chi connectivity index (χ2n) is 4.93. The first-order valence-corrected chi connectivity index (χ1v) is 8.94. The maximum atomic E-state index is 12.1. The molecule has 0 bridgehead atoms. The summed E-state index contributed by atoms with van der Waals surface area (Å²) in [7, 11) is -2.04. The van der Waals surface area contributed by atoms with Gasteiger partial charge in [0.1, 0.15) is 5.75 Å². The van der Waals surface area contributed by atoms with Crippen LogP contribution in [0.25, 0.3) is 10.9 Å². The molecular weight excluding hydrogens is 320 g/mol. The number of rotatable bonds is 7. The Morgan fingerprint density at radius 1 is 1.30 bits per heavy atom. The highest BCUT2D eigenvalue weighted by molar-refractivity contribution is 7.92. The molecule has 126 valence electrons. The molecule has 0 fully saturated rings. The lowest BCUT2D eigenvalue weighted by molar-refractivity contribution is 0.0522. The number of sulfonamides is 1. The monoisotopic (exact) mass is 340 g/mol. The summed E-state index contributed by atoms with van der Waals surface area (Å²) in [5.41, 5.74) is 0.878. The van der Waals surface area contributed by atoms with Gasteiger partial charge in [0.05, 0.1) is 25.2 Å². The number of hydrogen-bond donors (Lipinski definition) is 2. The molecule has 2 rings (SSSR count). The number of fused-ring (bicyclic) bond motifs is 1. The molecule has 0 atom stereocenters. The van der Waals surface area contributed by atoms with Crippen molar-refractivity contribution in [1.29, 1.82) is 0 Å². The largest absolute Gasteiger partial charge is 0.497 e. The molecule has 1 aromatic carbocycles. The van der Waals surface area contributed by atoms with Crippen LogP contribution in [0, 0.1) is 0 Å². The highest BCUT2D eigenvalue weighted by atomic mass is 32.2. The Hall–Kier alpha value is -2.22. The topological polar surface area (TPSA) is 97.5 Å². The summed E-state index contributed by atoms with van der Waals surface area (Å²) in [6, 6.07) is 5.10. The van der Waals surface area contributed by atoms with Crippen LogP contribution >= 0.6 is 0 Å². The number of carbonyl (C=O) groups excluding carboxylic acids is 1. The lowest BCUT2D eigenvalue weighted by atomic mass is 10.2. The summed E-state index contributed by atoms with van der Waals surface area (Å²) in [6.45, 7) is 3.65. The van der Waals surface area contributed by atoms with Crippen molar-refractivity contribution in [2.75, 3.05) is 24.2 Å². The van der Waals surface area contributed by atoms with E-state index >= 15 is 0 Å². The molecule has 0 aliphatic carbocycles. The smallest absolute Gasteiger partial charge is 0.356 e. The first-order valence-electron chi connectivity index (χ1n) is 7.29. The van der Waals surface area contributed by atoms with Crippen LogP contribution in [0.5, 0.6) is 5.75 Å². The average molecular weight is 340 g/mol. The zero-order chi connectivity index (χ0) is 17.0. The summed E-state index contributed by atoms with van der Waals surface area (Å²) >= 11 is 0. The van der Waals surface area contributed by atoms with Crippen molar-refractivity contribution >= 4 is 32.6 Å². The van der Waals surface area contributed by atoms with Crippen LogP contribution in [0.2, 0.25) is 0 Å². The SMILES string of the molecule is CCCS(=O)(=O)Nc1c(C(=O)OCC)[nH]c2ccc(OC)cc12. The number of carbonyl (C=O) groups is 1. The first-order chi connectivity index (χ1) is 10.9. The van der Waals surface area contributed by atoms with E-state index in [0.717, 1.165) is 0 Å². The van der Waals surface area contributed by atoms with E-state index in [1.165, 1.54) is 7.11 Å². The van der Waals surface area contributed by atoms with E-state index in [0.29, 0.717) is 23.1 Å². The number of nitrogens with one attached hydrogen (secondary N) is 2. The van der Waals surface area contributed by atoms with E-state index < -0.39 is 16.0 Å². The predicted octanol–water partition coefficient (Wildman–Crippen LogP) is 2.50. The van der Waals surface area contributed by atoms with Gasteiger partial charge in [-0.1, -0.05) is 6.92 Å². The van der Waals surface area contributed by atoms with E-state index in [4.69, 9.17) is 9.47 Å². The minimum Gasteiger partial charge on any atom is -0.497 e. The van der Waals surface area contributed by atoms with Crippen LogP contribution in [0.4, 0.5) is 5.69 Å². The van der Waals surface area contributed by atoms with Crippen molar-refractivity contribution in [3.05, 3.63) is 23.9 Å². The quantitative estimate of drug-likeness (QED) is 0.755. The molecule has 0 aliphatic heterocycles. The number of aromatic nitrogens is 1. The normalized spacial score (nSPS) is 11.4. The highest BCUT2D eigenvalue weighted by Crippen LogP contribution is 2.32. The molecule has 1 heterocycles. The van der Waals surface area contributed by atoms with Gasteiger partial charge in [-0.25, -0.2) is 13.2 Å². The summed E-state index contributed by atoms with van der Waals surface area (Å²) in [6.07, 6.45) is 0.468. The molecule has 23 heavy (non-hydrogen) atoms. The summed E-state index contributed by atoms with van der Waals surface area (Å²) in [5, 5.41) is 0.548. The van der Waals surface area contributed by atoms with Crippen molar-refractivity contribution in [2.24, 2.45) is 0 Å². The van der Waals surface area contributed by atoms with Gasteiger partial charge in [-0.3, -0.25) is 4.72 Å². The molecule has 0 unspecified atom stereocenters. The third kappa shape index (κ3) is 3.76. The van der Waals surface area contributed by atoms with E-state index in [1.807, 2.05) is 0 Å². The number of anilines is 1. The minimum absolute atomic E-state index is 0.0358. The number of benzene rings is 1. The number of aromatic amines is 1. The molecule has 2 N–H and O–H groups in total. The van der Waals surface area contributed by atoms with Crippen molar-refractivity contribution in [2.45, 2.75) is 20.3 Å². The van der Waals surface area contributed by atoms with Crippen LogP contribution < -0.4 is 9.46 Å². The van der Waals surface area contributed by atoms with E-state index in [2.05, 4.69) is 9.71 Å². The molecule has 2 aromatic rings.